The highest BCUT2D eigenvalue weighted by Gasteiger charge is 2.15. The van der Waals surface area contributed by atoms with Gasteiger partial charge in [-0.1, -0.05) is 5.21 Å². The Morgan fingerprint density at radius 2 is 1.96 bits per heavy atom. The van der Waals surface area contributed by atoms with E-state index in [-0.39, 0.29) is 5.56 Å². The molecular formula is C18H14N4O3S. The van der Waals surface area contributed by atoms with Crippen LogP contribution < -0.4 is 5.56 Å². The fourth-order valence-electron chi connectivity index (χ4n) is 2.65. The summed E-state index contributed by atoms with van der Waals surface area (Å²) in [4.78, 5) is 29.8. The minimum absolute atomic E-state index is 0.264. The molecule has 1 aromatic carbocycles. The van der Waals surface area contributed by atoms with E-state index in [4.69, 9.17) is 4.74 Å². The SMILES string of the molecule is CCOC(=O)c1ccc(-n2nnc3c(sc4nc(C)ccc43)c2=O)cc1. The second-order valence-electron chi connectivity index (χ2n) is 5.66. The molecule has 0 unspecified atom stereocenters. The van der Waals surface area contributed by atoms with E-state index in [1.807, 2.05) is 19.1 Å². The number of pyridine rings is 1. The number of hydrogen-bond acceptors (Lipinski definition) is 7. The van der Waals surface area contributed by atoms with Crippen LogP contribution in [0, 0.1) is 6.92 Å². The summed E-state index contributed by atoms with van der Waals surface area (Å²) in [5.41, 5.74) is 2.12. The van der Waals surface area contributed by atoms with Gasteiger partial charge in [-0.15, -0.1) is 16.4 Å². The van der Waals surface area contributed by atoms with Gasteiger partial charge >= 0.3 is 5.97 Å². The lowest BCUT2D eigenvalue weighted by Gasteiger charge is -2.05. The van der Waals surface area contributed by atoms with Crippen molar-refractivity contribution in [3.63, 3.8) is 0 Å². The number of thiophene rings is 1. The molecule has 3 aromatic heterocycles. The van der Waals surface area contributed by atoms with Gasteiger partial charge in [-0.2, -0.15) is 4.68 Å². The lowest BCUT2D eigenvalue weighted by molar-refractivity contribution is 0.0526. The van der Waals surface area contributed by atoms with Crippen LogP contribution in [0.15, 0.2) is 41.2 Å². The Labute approximate surface area is 151 Å². The van der Waals surface area contributed by atoms with Crippen molar-refractivity contribution < 1.29 is 9.53 Å². The summed E-state index contributed by atoms with van der Waals surface area (Å²) < 4.78 is 6.68. The molecule has 3 heterocycles. The maximum atomic E-state index is 12.9. The standard InChI is InChI=1S/C18H14N4O3S/c1-3-25-18(24)11-5-7-12(8-6-11)22-17(23)15-14(20-21-22)13-9-4-10(2)19-16(13)26-15/h4-9H,3H2,1-2H3. The monoisotopic (exact) mass is 366 g/mol. The number of carbonyl (C=O) groups is 1. The molecule has 0 N–H and O–H groups in total. The lowest BCUT2D eigenvalue weighted by Crippen LogP contribution is -2.21. The smallest absolute Gasteiger partial charge is 0.338 e. The Morgan fingerprint density at radius 1 is 1.19 bits per heavy atom. The van der Waals surface area contributed by atoms with Crippen LogP contribution in [0.4, 0.5) is 0 Å². The highest BCUT2D eigenvalue weighted by Crippen LogP contribution is 2.28. The predicted molar refractivity (Wildman–Crippen MR) is 99.0 cm³/mol. The maximum Gasteiger partial charge on any atom is 0.338 e. The molecule has 7 nitrogen and oxygen atoms in total. The molecule has 4 rings (SSSR count). The van der Waals surface area contributed by atoms with Crippen LogP contribution in [0.1, 0.15) is 23.0 Å². The number of fused-ring (bicyclic) bond motifs is 3. The van der Waals surface area contributed by atoms with E-state index >= 15 is 0 Å². The minimum atomic E-state index is -0.404. The molecule has 0 radical (unpaired) electrons. The summed E-state index contributed by atoms with van der Waals surface area (Å²) in [7, 11) is 0. The highest BCUT2D eigenvalue weighted by atomic mass is 32.1. The van der Waals surface area contributed by atoms with Gasteiger partial charge in [0, 0.05) is 11.1 Å². The van der Waals surface area contributed by atoms with Crippen LogP contribution >= 0.6 is 11.3 Å². The number of rotatable bonds is 3. The van der Waals surface area contributed by atoms with Crippen molar-refractivity contribution in [3.05, 3.63) is 58.0 Å². The molecule has 26 heavy (non-hydrogen) atoms. The molecule has 0 spiro atoms. The quantitative estimate of drug-likeness (QED) is 0.518. The summed E-state index contributed by atoms with van der Waals surface area (Å²) in [5, 5.41) is 9.09. The molecule has 0 saturated heterocycles. The minimum Gasteiger partial charge on any atom is -0.462 e. The van der Waals surface area contributed by atoms with E-state index in [0.29, 0.717) is 28.1 Å². The molecule has 4 aromatic rings. The molecule has 0 aliphatic heterocycles. The molecule has 0 amide bonds. The normalized spacial score (nSPS) is 11.2. The van der Waals surface area contributed by atoms with Crippen molar-refractivity contribution in [2.24, 2.45) is 0 Å². The maximum absolute atomic E-state index is 12.9. The summed E-state index contributed by atoms with van der Waals surface area (Å²) in [6.45, 7) is 3.96. The van der Waals surface area contributed by atoms with E-state index in [1.54, 1.807) is 31.2 Å². The molecule has 0 aliphatic carbocycles. The van der Waals surface area contributed by atoms with Gasteiger partial charge in [-0.25, -0.2) is 9.78 Å². The number of aryl methyl sites for hydroxylation is 1. The average Bonchev–Trinajstić information content (AvgIpc) is 3.01. The molecule has 8 heteroatoms. The molecular weight excluding hydrogens is 352 g/mol. The average molecular weight is 366 g/mol. The van der Waals surface area contributed by atoms with Gasteiger partial charge in [0.05, 0.1) is 17.9 Å². The second kappa shape index (κ2) is 6.30. The first-order valence-electron chi connectivity index (χ1n) is 8.02. The Kier molecular flexibility index (Phi) is 3.96. The molecule has 0 atom stereocenters. The van der Waals surface area contributed by atoms with Gasteiger partial charge in [0.2, 0.25) is 0 Å². The van der Waals surface area contributed by atoms with Crippen LogP contribution in [-0.2, 0) is 4.74 Å². The number of aromatic nitrogens is 4. The zero-order chi connectivity index (χ0) is 18.3. The topological polar surface area (TPSA) is 87.0 Å². The molecule has 0 fully saturated rings. The Balaban J connectivity index is 1.82. The van der Waals surface area contributed by atoms with Gasteiger partial charge in [0.15, 0.2) is 0 Å². The van der Waals surface area contributed by atoms with Crippen molar-refractivity contribution in [1.82, 2.24) is 20.0 Å². The van der Waals surface area contributed by atoms with Gasteiger partial charge in [0.25, 0.3) is 5.56 Å². The van der Waals surface area contributed by atoms with Crippen LogP contribution in [-0.4, -0.2) is 32.6 Å². The van der Waals surface area contributed by atoms with Crippen LogP contribution in [0.25, 0.3) is 26.1 Å². The predicted octanol–water partition coefficient (Wildman–Crippen LogP) is 2.88. The molecule has 0 aliphatic rings. The number of ether oxygens (including phenoxy) is 1. The van der Waals surface area contributed by atoms with E-state index in [2.05, 4.69) is 15.3 Å². The number of carbonyl (C=O) groups excluding carboxylic acids is 1. The zero-order valence-corrected chi connectivity index (χ0v) is 14.9. The first-order chi connectivity index (χ1) is 12.6. The van der Waals surface area contributed by atoms with Gasteiger partial charge in [-0.05, 0) is 50.2 Å². The third-order valence-corrected chi connectivity index (χ3v) is 4.99. The second-order valence-corrected chi connectivity index (χ2v) is 6.66. The number of nitrogens with zero attached hydrogens (tertiary/aromatic N) is 4. The van der Waals surface area contributed by atoms with Crippen LogP contribution in [0.3, 0.4) is 0 Å². The fourth-order valence-corrected chi connectivity index (χ4v) is 3.73. The molecule has 0 bridgehead atoms. The van der Waals surface area contributed by atoms with Crippen molar-refractivity contribution in [1.29, 1.82) is 0 Å². The fraction of sp³-hybridized carbons (Fsp3) is 0.167. The highest BCUT2D eigenvalue weighted by molar-refractivity contribution is 7.25. The molecule has 130 valence electrons. The summed E-state index contributed by atoms with van der Waals surface area (Å²) in [5.74, 6) is -0.404. The lowest BCUT2D eigenvalue weighted by atomic mass is 10.2. The summed E-state index contributed by atoms with van der Waals surface area (Å²) in [6.07, 6.45) is 0. The van der Waals surface area contributed by atoms with Crippen molar-refractivity contribution in [2.75, 3.05) is 6.61 Å². The third kappa shape index (κ3) is 2.64. The van der Waals surface area contributed by atoms with E-state index < -0.39 is 5.97 Å². The molecule has 0 saturated carbocycles. The number of esters is 1. The van der Waals surface area contributed by atoms with Gasteiger partial charge < -0.3 is 4.74 Å². The number of hydrogen-bond donors (Lipinski definition) is 0. The summed E-state index contributed by atoms with van der Waals surface area (Å²) in [6, 6.07) is 10.3. The van der Waals surface area contributed by atoms with E-state index in [1.165, 1.54) is 16.0 Å². The van der Waals surface area contributed by atoms with Crippen molar-refractivity contribution in [3.8, 4) is 5.69 Å². The zero-order valence-electron chi connectivity index (χ0n) is 14.1. The van der Waals surface area contributed by atoms with E-state index in [0.717, 1.165) is 15.9 Å². The van der Waals surface area contributed by atoms with Gasteiger partial charge in [0.1, 0.15) is 15.0 Å². The first kappa shape index (κ1) is 16.3. The van der Waals surface area contributed by atoms with Gasteiger partial charge in [-0.3, -0.25) is 4.79 Å². The van der Waals surface area contributed by atoms with Crippen LogP contribution in [0.5, 0.6) is 0 Å². The van der Waals surface area contributed by atoms with Crippen molar-refractivity contribution in [2.45, 2.75) is 13.8 Å². The Hall–Kier alpha value is -3.13. The van der Waals surface area contributed by atoms with Crippen molar-refractivity contribution >= 4 is 37.7 Å². The summed E-state index contributed by atoms with van der Waals surface area (Å²) >= 11 is 1.30. The Morgan fingerprint density at radius 3 is 2.69 bits per heavy atom. The Bertz CT molecular complexity index is 1190. The van der Waals surface area contributed by atoms with E-state index in [9.17, 15) is 9.59 Å². The largest absolute Gasteiger partial charge is 0.462 e. The third-order valence-electron chi connectivity index (χ3n) is 3.91. The van der Waals surface area contributed by atoms with Crippen LogP contribution in [0.2, 0.25) is 0 Å². The first-order valence-corrected chi connectivity index (χ1v) is 8.83. The number of benzene rings is 1.